The molecule has 0 aromatic carbocycles. The van der Waals surface area contributed by atoms with Crippen LogP contribution in [0.3, 0.4) is 0 Å². The predicted octanol–water partition coefficient (Wildman–Crippen LogP) is 3.32. The maximum atomic E-state index is 9.92. The molecule has 5 heteroatoms. The summed E-state index contributed by atoms with van der Waals surface area (Å²) < 4.78 is 6.18. The third-order valence-corrected chi connectivity index (χ3v) is 7.68. The van der Waals surface area contributed by atoms with Crippen LogP contribution in [0.25, 0.3) is 0 Å². The number of hydrogen-bond acceptors (Lipinski definition) is 5. The first-order valence-electron chi connectivity index (χ1n) is 11.1. The van der Waals surface area contributed by atoms with Crippen LogP contribution in [0.4, 0.5) is 0 Å². The zero-order valence-electron chi connectivity index (χ0n) is 16.7. The molecule has 4 unspecified atom stereocenters. The number of nitrogens with zero attached hydrogens (tertiary/aromatic N) is 4. The largest absolute Gasteiger partial charge is 0.378 e. The van der Waals surface area contributed by atoms with Crippen molar-refractivity contribution in [2.24, 2.45) is 10.8 Å². The van der Waals surface area contributed by atoms with Gasteiger partial charge in [0.25, 0.3) is 0 Å². The van der Waals surface area contributed by atoms with E-state index in [2.05, 4.69) is 21.9 Å². The van der Waals surface area contributed by atoms with E-state index in [1.54, 1.807) is 0 Å². The van der Waals surface area contributed by atoms with Crippen molar-refractivity contribution in [1.29, 1.82) is 10.5 Å². The van der Waals surface area contributed by atoms with Crippen molar-refractivity contribution in [2.45, 2.75) is 76.3 Å². The maximum absolute atomic E-state index is 9.92. The van der Waals surface area contributed by atoms with Crippen LogP contribution in [0.15, 0.2) is 0 Å². The van der Waals surface area contributed by atoms with Gasteiger partial charge in [-0.3, -0.25) is 0 Å². The first-order valence-corrected chi connectivity index (χ1v) is 11.1. The van der Waals surface area contributed by atoms with Crippen LogP contribution in [0.1, 0.15) is 64.2 Å². The highest BCUT2D eigenvalue weighted by Gasteiger charge is 2.43. The Morgan fingerprint density at radius 1 is 0.741 bits per heavy atom. The number of hydrogen-bond donors (Lipinski definition) is 0. The van der Waals surface area contributed by atoms with Crippen LogP contribution in [0.5, 0.6) is 0 Å². The summed E-state index contributed by atoms with van der Waals surface area (Å²) in [6.45, 7) is 5.80. The van der Waals surface area contributed by atoms with Gasteiger partial charge in [-0.1, -0.05) is 12.8 Å². The van der Waals surface area contributed by atoms with Gasteiger partial charge in [0, 0.05) is 12.1 Å². The van der Waals surface area contributed by atoms with E-state index in [4.69, 9.17) is 4.74 Å². The zero-order valence-corrected chi connectivity index (χ0v) is 16.7. The molecule has 0 aromatic rings. The molecule has 2 aliphatic carbocycles. The van der Waals surface area contributed by atoms with Crippen molar-refractivity contribution >= 4 is 0 Å². The Kier molecular flexibility index (Phi) is 5.74. The lowest BCUT2D eigenvalue weighted by molar-refractivity contribution is -0.0317. The van der Waals surface area contributed by atoms with Crippen molar-refractivity contribution in [1.82, 2.24) is 9.80 Å². The minimum atomic E-state index is -0.347. The Labute approximate surface area is 164 Å². The van der Waals surface area contributed by atoms with E-state index >= 15 is 0 Å². The Morgan fingerprint density at radius 2 is 1.19 bits per heavy atom. The summed E-state index contributed by atoms with van der Waals surface area (Å²) in [6.07, 6.45) is 11.1. The maximum Gasteiger partial charge on any atom is 0.0821 e. The average molecular weight is 371 g/mol. The monoisotopic (exact) mass is 370 g/mol. The van der Waals surface area contributed by atoms with Crippen molar-refractivity contribution in [3.8, 4) is 12.1 Å². The molecule has 4 aliphatic rings. The van der Waals surface area contributed by atoms with Gasteiger partial charge >= 0.3 is 0 Å². The van der Waals surface area contributed by atoms with Crippen molar-refractivity contribution in [3.63, 3.8) is 0 Å². The first kappa shape index (κ1) is 19.2. The number of ether oxygens (including phenoxy) is 1. The van der Waals surface area contributed by atoms with Crippen LogP contribution < -0.4 is 0 Å². The fourth-order valence-corrected chi connectivity index (χ4v) is 5.67. The summed E-state index contributed by atoms with van der Waals surface area (Å²) in [4.78, 5) is 5.08. The average Bonchev–Trinajstić information content (AvgIpc) is 2.59. The number of nitriles is 2. The highest BCUT2D eigenvalue weighted by atomic mass is 16.5. The molecule has 0 spiro atoms. The fourth-order valence-electron chi connectivity index (χ4n) is 5.67. The standard InChI is InChI=1S/C22H34N4O/c23-15-21(7-1-5-19(13-21)25-9-3-10-25)17-27-18-22(16-24)8-2-6-20(14-22)26-11-4-12-26/h19-20H,1-14,17-18H2. The third-order valence-electron chi connectivity index (χ3n) is 7.68. The lowest BCUT2D eigenvalue weighted by atomic mass is 9.71. The first-order chi connectivity index (χ1) is 13.2. The van der Waals surface area contributed by atoms with E-state index < -0.39 is 0 Å². The van der Waals surface area contributed by atoms with Crippen LogP contribution in [0, 0.1) is 33.5 Å². The summed E-state index contributed by atoms with van der Waals surface area (Å²) >= 11 is 0. The van der Waals surface area contributed by atoms with Gasteiger partial charge in [0.05, 0.1) is 36.2 Å². The number of rotatable bonds is 6. The lowest BCUT2D eigenvalue weighted by Gasteiger charge is -2.46. The molecule has 27 heavy (non-hydrogen) atoms. The normalized spacial score (nSPS) is 40.4. The molecule has 0 aromatic heterocycles. The second kappa shape index (κ2) is 8.08. The molecule has 2 heterocycles. The van der Waals surface area contributed by atoms with Gasteiger partial charge in [-0.2, -0.15) is 10.5 Å². The van der Waals surface area contributed by atoms with Gasteiger partial charge in [0.15, 0.2) is 0 Å². The second-order valence-corrected chi connectivity index (χ2v) is 9.56. The molecule has 0 N–H and O–H groups in total. The van der Waals surface area contributed by atoms with Crippen molar-refractivity contribution in [2.75, 3.05) is 39.4 Å². The van der Waals surface area contributed by atoms with Crippen LogP contribution in [0.2, 0.25) is 0 Å². The highest BCUT2D eigenvalue weighted by molar-refractivity contribution is 5.07. The van der Waals surface area contributed by atoms with Gasteiger partial charge in [0.1, 0.15) is 0 Å². The molecule has 0 radical (unpaired) electrons. The molecular weight excluding hydrogens is 336 g/mol. The fraction of sp³-hybridized carbons (Fsp3) is 0.909. The molecule has 4 rings (SSSR count). The molecule has 2 saturated heterocycles. The van der Waals surface area contributed by atoms with E-state index in [9.17, 15) is 10.5 Å². The van der Waals surface area contributed by atoms with Gasteiger partial charge in [-0.15, -0.1) is 0 Å². The van der Waals surface area contributed by atoms with E-state index in [0.717, 1.165) is 38.5 Å². The number of likely N-dealkylation sites (tertiary alicyclic amines) is 2. The van der Waals surface area contributed by atoms with Crippen molar-refractivity contribution < 1.29 is 4.74 Å². The zero-order chi connectivity index (χ0) is 18.7. The van der Waals surface area contributed by atoms with Gasteiger partial charge in [0.2, 0.25) is 0 Å². The van der Waals surface area contributed by atoms with Crippen LogP contribution in [-0.4, -0.2) is 61.3 Å². The molecule has 0 bridgehead atoms. The molecule has 4 atom stereocenters. The topological polar surface area (TPSA) is 63.3 Å². The van der Waals surface area contributed by atoms with E-state index in [1.165, 1.54) is 51.9 Å². The quantitative estimate of drug-likeness (QED) is 0.718. The predicted molar refractivity (Wildman–Crippen MR) is 104 cm³/mol. The molecule has 2 saturated carbocycles. The van der Waals surface area contributed by atoms with Gasteiger partial charge in [-0.25, -0.2) is 0 Å². The molecule has 148 valence electrons. The summed E-state index contributed by atoms with van der Waals surface area (Å²) in [5.41, 5.74) is -0.693. The second-order valence-electron chi connectivity index (χ2n) is 9.56. The van der Waals surface area contributed by atoms with E-state index in [-0.39, 0.29) is 10.8 Å². The van der Waals surface area contributed by atoms with Gasteiger partial charge < -0.3 is 14.5 Å². The van der Waals surface area contributed by atoms with Crippen LogP contribution >= 0.6 is 0 Å². The Morgan fingerprint density at radius 3 is 1.52 bits per heavy atom. The van der Waals surface area contributed by atoms with Crippen LogP contribution in [-0.2, 0) is 4.74 Å². The Balaban J connectivity index is 1.32. The summed E-state index contributed by atoms with van der Waals surface area (Å²) in [7, 11) is 0. The van der Waals surface area contributed by atoms with E-state index in [1.807, 2.05) is 0 Å². The SMILES string of the molecule is N#CC1(COCC2(C#N)CCCC(N3CCC3)C2)CCCC(N2CCC2)C1. The van der Waals surface area contributed by atoms with Gasteiger partial charge in [-0.05, 0) is 77.5 Å². The minimum absolute atomic E-state index is 0.347. The van der Waals surface area contributed by atoms with Crippen molar-refractivity contribution in [3.05, 3.63) is 0 Å². The molecule has 5 nitrogen and oxygen atoms in total. The summed E-state index contributed by atoms with van der Waals surface area (Å²) in [5, 5.41) is 19.8. The molecular formula is C22H34N4O. The third kappa shape index (κ3) is 4.02. The summed E-state index contributed by atoms with van der Waals surface area (Å²) in [6, 6.07) is 6.36. The Hall–Kier alpha value is -1.14. The molecule has 0 amide bonds. The minimum Gasteiger partial charge on any atom is -0.378 e. The molecule has 2 aliphatic heterocycles. The molecule has 4 fully saturated rings. The van der Waals surface area contributed by atoms with E-state index in [0.29, 0.717) is 25.3 Å². The Bertz CT molecular complexity index is 550. The lowest BCUT2D eigenvalue weighted by Crippen LogP contribution is -2.50. The highest BCUT2D eigenvalue weighted by Crippen LogP contribution is 2.42. The summed E-state index contributed by atoms with van der Waals surface area (Å²) in [5.74, 6) is 0. The smallest absolute Gasteiger partial charge is 0.0821 e.